The highest BCUT2D eigenvalue weighted by Crippen LogP contribution is 2.55. The van der Waals surface area contributed by atoms with Gasteiger partial charge in [0, 0.05) is 44.4 Å². The number of nitrogens with one attached hydrogen (secondary N) is 3. The molecule has 11 nitrogen and oxygen atoms in total. The lowest BCUT2D eigenvalue weighted by Crippen LogP contribution is -2.65. The molecule has 6 rings (SSSR count). The Bertz CT molecular complexity index is 1590. The van der Waals surface area contributed by atoms with Crippen LogP contribution in [0.25, 0.3) is 10.8 Å². The van der Waals surface area contributed by atoms with Crippen LogP contribution in [0.5, 0.6) is 0 Å². The maximum atomic E-state index is 14.4. The van der Waals surface area contributed by atoms with Crippen molar-refractivity contribution in [3.8, 4) is 0 Å². The van der Waals surface area contributed by atoms with Gasteiger partial charge in [0.15, 0.2) is 5.54 Å². The number of amides is 3. The summed E-state index contributed by atoms with van der Waals surface area (Å²) in [5, 5.41) is 16.5. The van der Waals surface area contributed by atoms with Gasteiger partial charge in [-0.2, -0.15) is 0 Å². The van der Waals surface area contributed by atoms with E-state index in [1.165, 1.54) is 0 Å². The van der Waals surface area contributed by atoms with E-state index in [0.717, 1.165) is 40.6 Å². The SMILES string of the molecule is CC(C)CC1C2C=NC3(C(=O)NCc4cccc5ccccc45)C(C2)CN(CCCN(C(=N)NC(=O)OC(C)(C)C)C(=O)OC(C)(C)C)C13. The number of ether oxygens (including phenoxy) is 2. The maximum Gasteiger partial charge on any atom is 0.417 e. The van der Waals surface area contributed by atoms with Gasteiger partial charge in [-0.25, -0.2) is 14.5 Å². The molecule has 1 saturated heterocycles. The first-order chi connectivity index (χ1) is 23.0. The molecule has 5 unspecified atom stereocenters. The lowest BCUT2D eigenvalue weighted by Gasteiger charge is -2.51. The third kappa shape index (κ3) is 8.09. The lowest BCUT2D eigenvalue weighted by atomic mass is 9.59. The quantitative estimate of drug-likeness (QED) is 0.210. The third-order valence-electron chi connectivity index (χ3n) is 9.67. The molecule has 49 heavy (non-hydrogen) atoms. The molecule has 0 aromatic heterocycles. The largest absolute Gasteiger partial charge is 0.444 e. The molecule has 266 valence electrons. The van der Waals surface area contributed by atoms with Gasteiger partial charge in [-0.3, -0.25) is 25.4 Å². The van der Waals surface area contributed by atoms with Crippen LogP contribution in [0.1, 0.15) is 80.2 Å². The summed E-state index contributed by atoms with van der Waals surface area (Å²) in [5.41, 5.74) is -1.36. The number of likely N-dealkylation sites (tertiary alicyclic amines) is 1. The molecule has 1 aliphatic carbocycles. The highest BCUT2D eigenvalue weighted by Gasteiger charge is 2.67. The fraction of sp³-hybridized carbons (Fsp3) is 0.605. The number of carbonyl (C=O) groups is 3. The Morgan fingerprint density at radius 2 is 1.73 bits per heavy atom. The molecular weight excluding hydrogens is 620 g/mol. The molecule has 4 bridgehead atoms. The van der Waals surface area contributed by atoms with Crippen molar-refractivity contribution in [2.24, 2.45) is 28.7 Å². The van der Waals surface area contributed by atoms with Crippen molar-refractivity contribution in [1.82, 2.24) is 20.4 Å². The van der Waals surface area contributed by atoms with Crippen molar-refractivity contribution in [1.29, 1.82) is 5.41 Å². The van der Waals surface area contributed by atoms with E-state index >= 15 is 0 Å². The van der Waals surface area contributed by atoms with Gasteiger partial charge in [-0.15, -0.1) is 0 Å². The molecule has 2 aromatic rings. The zero-order chi connectivity index (χ0) is 35.7. The second-order valence-electron chi connectivity index (χ2n) is 16.2. The van der Waals surface area contributed by atoms with Gasteiger partial charge in [0.2, 0.25) is 11.9 Å². The van der Waals surface area contributed by atoms with Crippen molar-refractivity contribution in [2.45, 2.75) is 104 Å². The molecule has 3 heterocycles. The second-order valence-corrected chi connectivity index (χ2v) is 16.2. The first kappa shape index (κ1) is 36.3. The Balaban J connectivity index is 1.33. The Hall–Kier alpha value is -3.99. The van der Waals surface area contributed by atoms with Gasteiger partial charge < -0.3 is 14.8 Å². The maximum absolute atomic E-state index is 14.4. The molecule has 1 saturated carbocycles. The number of fused-ring (bicyclic) bond motifs is 1. The van der Waals surface area contributed by atoms with Crippen molar-refractivity contribution in [3.05, 3.63) is 48.0 Å². The van der Waals surface area contributed by atoms with Crippen molar-refractivity contribution < 1.29 is 23.9 Å². The van der Waals surface area contributed by atoms with Crippen molar-refractivity contribution in [3.63, 3.8) is 0 Å². The van der Waals surface area contributed by atoms with E-state index in [4.69, 9.17) is 19.9 Å². The molecule has 3 aliphatic heterocycles. The van der Waals surface area contributed by atoms with E-state index in [1.54, 1.807) is 41.5 Å². The van der Waals surface area contributed by atoms with E-state index in [-0.39, 0.29) is 30.3 Å². The minimum atomic E-state index is -0.880. The first-order valence-electron chi connectivity index (χ1n) is 17.6. The van der Waals surface area contributed by atoms with Crippen LogP contribution in [-0.2, 0) is 20.8 Å². The topological polar surface area (TPSA) is 136 Å². The van der Waals surface area contributed by atoms with Crippen LogP contribution in [0.15, 0.2) is 47.5 Å². The Labute approximate surface area is 290 Å². The van der Waals surface area contributed by atoms with Gasteiger partial charge in [0.1, 0.15) is 11.2 Å². The smallest absolute Gasteiger partial charge is 0.417 e. The average Bonchev–Trinajstić information content (AvgIpc) is 3.26. The number of nitrogens with zero attached hydrogens (tertiary/aromatic N) is 3. The highest BCUT2D eigenvalue weighted by molar-refractivity contribution is 6.00. The highest BCUT2D eigenvalue weighted by atomic mass is 16.6. The molecule has 0 radical (unpaired) electrons. The third-order valence-corrected chi connectivity index (χ3v) is 9.67. The number of hydrogen-bond acceptors (Lipinski definition) is 8. The van der Waals surface area contributed by atoms with Gasteiger partial charge >= 0.3 is 12.2 Å². The zero-order valence-corrected chi connectivity index (χ0v) is 30.3. The van der Waals surface area contributed by atoms with Gasteiger partial charge in [-0.05, 0) is 94.9 Å². The van der Waals surface area contributed by atoms with E-state index in [0.29, 0.717) is 31.3 Å². The van der Waals surface area contributed by atoms with E-state index in [2.05, 4.69) is 59.9 Å². The summed E-state index contributed by atoms with van der Waals surface area (Å²) < 4.78 is 10.9. The standard InChI is InChI=1S/C38H54N6O5/c1-24(2)19-30-27-20-28-23-43(17-12-18-44(35(47)49-37(6,7)8)33(39)42-34(46)48-36(3,4)5)31(30)38(28,41-22-27)32(45)40-21-26-15-11-14-25-13-9-10-16-29(25)26/h9-11,13-16,22,24,27-28,30-31H,12,17-21,23H2,1-8H3,(H,40,45)(H2,39,42,46). The number of benzene rings is 2. The molecule has 5 atom stereocenters. The zero-order valence-electron chi connectivity index (χ0n) is 30.3. The second kappa shape index (κ2) is 14.1. The number of guanidine groups is 1. The van der Waals surface area contributed by atoms with Crippen LogP contribution in [0.3, 0.4) is 0 Å². The number of alkyl carbamates (subject to hydrolysis) is 1. The molecule has 2 aromatic carbocycles. The van der Waals surface area contributed by atoms with Gasteiger partial charge in [-0.1, -0.05) is 56.3 Å². The minimum Gasteiger partial charge on any atom is -0.444 e. The van der Waals surface area contributed by atoms with Crippen molar-refractivity contribution >= 4 is 41.0 Å². The van der Waals surface area contributed by atoms with Crippen LogP contribution in [0, 0.1) is 29.1 Å². The van der Waals surface area contributed by atoms with Gasteiger partial charge in [0.05, 0.1) is 0 Å². The van der Waals surface area contributed by atoms with E-state index < -0.39 is 34.9 Å². The average molecular weight is 675 g/mol. The Kier molecular flexibility index (Phi) is 10.4. The lowest BCUT2D eigenvalue weighted by molar-refractivity contribution is -0.132. The Morgan fingerprint density at radius 3 is 2.43 bits per heavy atom. The van der Waals surface area contributed by atoms with Crippen LogP contribution in [0.2, 0.25) is 0 Å². The molecule has 3 amide bonds. The van der Waals surface area contributed by atoms with E-state index in [1.807, 2.05) is 18.2 Å². The predicted molar refractivity (Wildman–Crippen MR) is 192 cm³/mol. The summed E-state index contributed by atoms with van der Waals surface area (Å²) >= 11 is 0. The van der Waals surface area contributed by atoms with Crippen molar-refractivity contribution in [2.75, 3.05) is 19.6 Å². The molecule has 2 fully saturated rings. The summed E-state index contributed by atoms with van der Waals surface area (Å²) in [7, 11) is 0. The number of hydrogen-bond donors (Lipinski definition) is 3. The number of rotatable bonds is 9. The van der Waals surface area contributed by atoms with Crippen LogP contribution in [-0.4, -0.2) is 82.5 Å². The fourth-order valence-electron chi connectivity index (χ4n) is 7.95. The van der Waals surface area contributed by atoms with Gasteiger partial charge in [0.25, 0.3) is 0 Å². The number of carbonyl (C=O) groups excluding carboxylic acids is 3. The first-order valence-corrected chi connectivity index (χ1v) is 17.6. The predicted octanol–water partition coefficient (Wildman–Crippen LogP) is 6.35. The molecule has 3 N–H and O–H groups in total. The van der Waals surface area contributed by atoms with Crippen LogP contribution < -0.4 is 10.6 Å². The summed E-state index contributed by atoms with van der Waals surface area (Å²) in [5.74, 6) is 0.691. The summed E-state index contributed by atoms with van der Waals surface area (Å²) in [6.07, 6.45) is 2.91. The number of aliphatic imine (C=N–C) groups is 1. The normalized spacial score (nSPS) is 24.6. The van der Waals surface area contributed by atoms with E-state index in [9.17, 15) is 14.4 Å². The molecule has 4 aliphatic rings. The molecular formula is C38H54N6O5. The molecule has 0 spiro atoms. The molecule has 11 heteroatoms. The fourth-order valence-corrected chi connectivity index (χ4v) is 7.95. The van der Waals surface area contributed by atoms with Crippen LogP contribution in [0.4, 0.5) is 9.59 Å². The Morgan fingerprint density at radius 1 is 1.04 bits per heavy atom. The summed E-state index contributed by atoms with van der Waals surface area (Å²) in [4.78, 5) is 48.8. The summed E-state index contributed by atoms with van der Waals surface area (Å²) in [6, 6.07) is 14.3. The minimum absolute atomic E-state index is 0.0280. The summed E-state index contributed by atoms with van der Waals surface area (Å²) in [6.45, 7) is 16.8. The van der Waals surface area contributed by atoms with Crippen LogP contribution >= 0.6 is 0 Å². The monoisotopic (exact) mass is 674 g/mol.